The van der Waals surface area contributed by atoms with Crippen LogP contribution in [0.4, 0.5) is 0 Å². The average Bonchev–Trinajstić information content (AvgIpc) is 2.42. The summed E-state index contributed by atoms with van der Waals surface area (Å²) in [6, 6.07) is 10.6. The molecule has 1 nitrogen and oxygen atoms in total. The third-order valence-electron chi connectivity index (χ3n) is 4.43. The lowest BCUT2D eigenvalue weighted by Gasteiger charge is -2.35. The number of halogens is 1. The van der Waals surface area contributed by atoms with Crippen molar-refractivity contribution in [1.29, 1.82) is 5.26 Å². The van der Waals surface area contributed by atoms with Gasteiger partial charge >= 0.3 is 0 Å². The first-order valence-corrected chi connectivity index (χ1v) is 7.71. The Balaban J connectivity index is 2.03. The van der Waals surface area contributed by atoms with Crippen molar-refractivity contribution in [1.82, 2.24) is 0 Å². The summed E-state index contributed by atoms with van der Waals surface area (Å²) in [5, 5.41) is 10.4. The third-order valence-corrected chi connectivity index (χ3v) is 4.66. The minimum Gasteiger partial charge on any atom is -0.198 e. The summed E-state index contributed by atoms with van der Waals surface area (Å²) in [7, 11) is 0. The monoisotopic (exact) mass is 275 g/mol. The predicted octanol–water partition coefficient (Wildman–Crippen LogP) is 5.38. The van der Waals surface area contributed by atoms with Gasteiger partial charge in [-0.25, -0.2) is 0 Å². The van der Waals surface area contributed by atoms with Gasteiger partial charge < -0.3 is 0 Å². The molecule has 0 aliphatic heterocycles. The van der Waals surface area contributed by atoms with E-state index in [9.17, 15) is 5.26 Å². The van der Waals surface area contributed by atoms with Gasteiger partial charge in [-0.3, -0.25) is 0 Å². The van der Waals surface area contributed by atoms with Crippen molar-refractivity contribution >= 4 is 11.6 Å². The van der Waals surface area contributed by atoms with E-state index in [-0.39, 0.29) is 5.41 Å². The van der Waals surface area contributed by atoms with Crippen LogP contribution in [0.25, 0.3) is 0 Å². The number of hydrogen-bond donors (Lipinski definition) is 0. The van der Waals surface area contributed by atoms with Gasteiger partial charge in [0.1, 0.15) is 0 Å². The van der Waals surface area contributed by atoms with Crippen molar-refractivity contribution < 1.29 is 0 Å². The molecule has 1 fully saturated rings. The molecule has 0 heterocycles. The molecular weight excluding hydrogens is 254 g/mol. The zero-order chi connectivity index (χ0) is 13.7. The quantitative estimate of drug-likeness (QED) is 0.723. The number of nitriles is 1. The highest BCUT2D eigenvalue weighted by Crippen LogP contribution is 2.42. The topological polar surface area (TPSA) is 23.8 Å². The van der Waals surface area contributed by atoms with E-state index >= 15 is 0 Å². The SMILES string of the molecule is CCCC1CCC(C#N)(Cc2cccc(Cl)c2)CC1. The van der Waals surface area contributed by atoms with Gasteiger partial charge in [-0.1, -0.05) is 43.5 Å². The van der Waals surface area contributed by atoms with Crippen LogP contribution in [0.1, 0.15) is 51.0 Å². The van der Waals surface area contributed by atoms with Crippen LogP contribution in [0.3, 0.4) is 0 Å². The second kappa shape index (κ2) is 6.44. The number of nitrogens with zero attached hydrogens (tertiary/aromatic N) is 1. The maximum atomic E-state index is 9.61. The summed E-state index contributed by atoms with van der Waals surface area (Å²) < 4.78 is 0. The van der Waals surface area contributed by atoms with Gasteiger partial charge in [0, 0.05) is 5.02 Å². The van der Waals surface area contributed by atoms with Crippen molar-refractivity contribution in [3.63, 3.8) is 0 Å². The van der Waals surface area contributed by atoms with Gasteiger partial charge in [0.15, 0.2) is 0 Å². The molecule has 0 bridgehead atoms. The summed E-state index contributed by atoms with van der Waals surface area (Å²) in [5.41, 5.74) is 1.04. The number of rotatable bonds is 4. The molecule has 1 aliphatic carbocycles. The molecule has 2 rings (SSSR count). The predicted molar refractivity (Wildman–Crippen MR) is 80.1 cm³/mol. The lowest BCUT2D eigenvalue weighted by Crippen LogP contribution is -2.28. The second-order valence-electron chi connectivity index (χ2n) is 5.93. The molecule has 0 spiro atoms. The first-order valence-electron chi connectivity index (χ1n) is 7.33. The zero-order valence-electron chi connectivity index (χ0n) is 11.7. The van der Waals surface area contributed by atoms with Crippen LogP contribution in [0.2, 0.25) is 5.02 Å². The fourth-order valence-corrected chi connectivity index (χ4v) is 3.51. The third kappa shape index (κ3) is 3.74. The number of benzene rings is 1. The largest absolute Gasteiger partial charge is 0.198 e. The minimum atomic E-state index is -0.158. The van der Waals surface area contributed by atoms with E-state index < -0.39 is 0 Å². The fourth-order valence-electron chi connectivity index (χ4n) is 3.29. The average molecular weight is 276 g/mol. The Bertz CT molecular complexity index is 453. The molecule has 1 aromatic rings. The molecule has 102 valence electrons. The zero-order valence-corrected chi connectivity index (χ0v) is 12.4. The van der Waals surface area contributed by atoms with Crippen LogP contribution < -0.4 is 0 Å². The van der Waals surface area contributed by atoms with Crippen LogP contribution in [-0.2, 0) is 6.42 Å². The molecule has 0 atom stereocenters. The second-order valence-corrected chi connectivity index (χ2v) is 6.37. The van der Waals surface area contributed by atoms with E-state index in [1.165, 1.54) is 31.2 Å². The Labute approximate surface area is 121 Å². The molecule has 0 radical (unpaired) electrons. The van der Waals surface area contributed by atoms with Gasteiger partial charge in [0.05, 0.1) is 11.5 Å². The summed E-state index contributed by atoms with van der Waals surface area (Å²) in [5.74, 6) is 0.839. The van der Waals surface area contributed by atoms with Crippen molar-refractivity contribution in [2.75, 3.05) is 0 Å². The molecule has 19 heavy (non-hydrogen) atoms. The normalized spacial score (nSPS) is 26.9. The maximum absolute atomic E-state index is 9.61. The van der Waals surface area contributed by atoms with Crippen LogP contribution in [0, 0.1) is 22.7 Å². The molecule has 0 N–H and O–H groups in total. The van der Waals surface area contributed by atoms with Crippen LogP contribution in [0.5, 0.6) is 0 Å². The van der Waals surface area contributed by atoms with Gasteiger partial charge in [-0.15, -0.1) is 0 Å². The molecule has 1 aliphatic rings. The van der Waals surface area contributed by atoms with E-state index in [0.717, 1.165) is 30.2 Å². The van der Waals surface area contributed by atoms with Gasteiger partial charge in [0.25, 0.3) is 0 Å². The highest BCUT2D eigenvalue weighted by molar-refractivity contribution is 6.30. The first kappa shape index (κ1) is 14.4. The van der Waals surface area contributed by atoms with Crippen LogP contribution in [-0.4, -0.2) is 0 Å². The maximum Gasteiger partial charge on any atom is 0.0693 e. The Morgan fingerprint density at radius 3 is 2.68 bits per heavy atom. The highest BCUT2D eigenvalue weighted by Gasteiger charge is 2.35. The molecule has 1 saturated carbocycles. The Morgan fingerprint density at radius 1 is 1.37 bits per heavy atom. The van der Waals surface area contributed by atoms with E-state index in [1.807, 2.05) is 18.2 Å². The van der Waals surface area contributed by atoms with Crippen LogP contribution >= 0.6 is 11.6 Å². The smallest absolute Gasteiger partial charge is 0.0693 e. The molecule has 0 aromatic heterocycles. The molecule has 0 unspecified atom stereocenters. The van der Waals surface area contributed by atoms with E-state index in [0.29, 0.717) is 0 Å². The van der Waals surface area contributed by atoms with Crippen LogP contribution in [0.15, 0.2) is 24.3 Å². The Hall–Kier alpha value is -1.00. The van der Waals surface area contributed by atoms with Crippen molar-refractivity contribution in [2.24, 2.45) is 11.3 Å². The molecule has 2 heteroatoms. The number of hydrogen-bond acceptors (Lipinski definition) is 1. The summed E-state index contributed by atoms with van der Waals surface area (Å²) in [6.07, 6.45) is 7.94. The van der Waals surface area contributed by atoms with Gasteiger partial charge in [-0.05, 0) is 55.7 Å². The molecule has 0 saturated heterocycles. The molecule has 1 aromatic carbocycles. The summed E-state index contributed by atoms with van der Waals surface area (Å²) >= 11 is 6.03. The van der Waals surface area contributed by atoms with Crippen molar-refractivity contribution in [3.05, 3.63) is 34.9 Å². The molecular formula is C17H22ClN. The van der Waals surface area contributed by atoms with Crippen molar-refractivity contribution in [2.45, 2.75) is 51.9 Å². The van der Waals surface area contributed by atoms with E-state index in [2.05, 4.69) is 19.1 Å². The summed E-state index contributed by atoms with van der Waals surface area (Å²) in [6.45, 7) is 2.25. The van der Waals surface area contributed by atoms with E-state index in [4.69, 9.17) is 11.6 Å². The van der Waals surface area contributed by atoms with Gasteiger partial charge in [-0.2, -0.15) is 5.26 Å². The minimum absolute atomic E-state index is 0.158. The lowest BCUT2D eigenvalue weighted by atomic mass is 9.67. The van der Waals surface area contributed by atoms with E-state index in [1.54, 1.807) is 0 Å². The standard InChI is InChI=1S/C17H22ClN/c1-2-4-14-7-9-17(13-19,10-8-14)12-15-5-3-6-16(18)11-15/h3,5-6,11,14H,2,4,7-10,12H2,1H3. The highest BCUT2D eigenvalue weighted by atomic mass is 35.5. The lowest BCUT2D eigenvalue weighted by molar-refractivity contribution is 0.201. The van der Waals surface area contributed by atoms with Crippen molar-refractivity contribution in [3.8, 4) is 6.07 Å². The molecule has 0 amide bonds. The Kier molecular flexibility index (Phi) is 4.88. The van der Waals surface area contributed by atoms with Gasteiger partial charge in [0.2, 0.25) is 0 Å². The first-order chi connectivity index (χ1) is 9.17. The fraction of sp³-hybridized carbons (Fsp3) is 0.588. The summed E-state index contributed by atoms with van der Waals surface area (Å²) in [4.78, 5) is 0. The Morgan fingerprint density at radius 2 is 2.11 bits per heavy atom.